The summed E-state index contributed by atoms with van der Waals surface area (Å²) in [4.78, 5) is 11.9. The predicted octanol–water partition coefficient (Wildman–Crippen LogP) is 2.52. The van der Waals surface area contributed by atoms with Gasteiger partial charge >= 0.3 is 0 Å². The molecule has 1 aliphatic heterocycles. The first-order valence-electron chi connectivity index (χ1n) is 6.14. The normalized spacial score (nSPS) is 17.8. The Morgan fingerprint density at radius 1 is 1.21 bits per heavy atom. The summed E-state index contributed by atoms with van der Waals surface area (Å²) >= 11 is 5.85. The van der Waals surface area contributed by atoms with Crippen molar-refractivity contribution in [2.24, 2.45) is 0 Å². The first-order chi connectivity index (χ1) is 9.14. The molecular weight excluding hydrogens is 268 g/mol. The highest BCUT2D eigenvalue weighted by Gasteiger charge is 2.41. The van der Waals surface area contributed by atoms with Crippen LogP contribution in [0.15, 0.2) is 18.2 Å². The van der Waals surface area contributed by atoms with Crippen molar-refractivity contribution in [2.45, 2.75) is 18.3 Å². The summed E-state index contributed by atoms with van der Waals surface area (Å²) in [6.07, 6.45) is 1.18. The van der Waals surface area contributed by atoms with Crippen LogP contribution in [0, 0.1) is 0 Å². The van der Waals surface area contributed by atoms with Crippen LogP contribution in [0.5, 0.6) is 11.5 Å². The average molecular weight is 285 g/mol. The number of methoxy groups -OCH3 is 2. The summed E-state index contributed by atoms with van der Waals surface area (Å²) in [5.41, 5.74) is 0.174. The third kappa shape index (κ3) is 2.55. The average Bonchev–Trinajstić information content (AvgIpc) is 2.47. The maximum atomic E-state index is 11.9. The Labute approximate surface area is 117 Å². The van der Waals surface area contributed by atoms with Crippen molar-refractivity contribution in [1.82, 2.24) is 0 Å². The van der Waals surface area contributed by atoms with Gasteiger partial charge in [0.2, 0.25) is 5.24 Å². The minimum atomic E-state index is -0.681. The van der Waals surface area contributed by atoms with Gasteiger partial charge in [0.05, 0.1) is 19.6 Å². The lowest BCUT2D eigenvalue weighted by molar-refractivity contribution is -0.120. The van der Waals surface area contributed by atoms with Gasteiger partial charge in [-0.25, -0.2) is 0 Å². The van der Waals surface area contributed by atoms with Gasteiger partial charge in [0, 0.05) is 13.2 Å². The Balaban J connectivity index is 2.45. The zero-order valence-electron chi connectivity index (χ0n) is 11.1. The van der Waals surface area contributed by atoms with Crippen LogP contribution in [-0.4, -0.2) is 32.7 Å². The Kier molecular flexibility index (Phi) is 4.32. The minimum absolute atomic E-state index is 0.344. The molecule has 0 bridgehead atoms. The molecule has 19 heavy (non-hydrogen) atoms. The molecule has 0 saturated carbocycles. The molecule has 1 fully saturated rings. The fourth-order valence-electron chi connectivity index (χ4n) is 2.45. The van der Waals surface area contributed by atoms with Crippen LogP contribution < -0.4 is 9.47 Å². The smallest absolute Gasteiger partial charge is 0.232 e. The quantitative estimate of drug-likeness (QED) is 0.797. The van der Waals surface area contributed by atoms with E-state index in [9.17, 15) is 4.79 Å². The third-order valence-corrected chi connectivity index (χ3v) is 4.02. The van der Waals surface area contributed by atoms with E-state index in [2.05, 4.69) is 0 Å². The van der Waals surface area contributed by atoms with E-state index in [1.54, 1.807) is 20.3 Å². The Morgan fingerprint density at radius 3 is 2.37 bits per heavy atom. The van der Waals surface area contributed by atoms with E-state index < -0.39 is 5.41 Å². The highest BCUT2D eigenvalue weighted by atomic mass is 35.5. The van der Waals surface area contributed by atoms with E-state index in [-0.39, 0.29) is 5.24 Å². The standard InChI is InChI=1S/C14H17ClO4/c1-17-11-4-3-10(9-12(11)18-2)14(13(15)16)5-7-19-8-6-14/h3-4,9H,5-8H2,1-2H3. The van der Waals surface area contributed by atoms with E-state index in [1.165, 1.54) is 0 Å². The number of ether oxygens (including phenoxy) is 3. The molecule has 0 N–H and O–H groups in total. The topological polar surface area (TPSA) is 44.8 Å². The van der Waals surface area contributed by atoms with Crippen molar-refractivity contribution in [2.75, 3.05) is 27.4 Å². The fraction of sp³-hybridized carbons (Fsp3) is 0.500. The molecule has 5 heteroatoms. The Bertz CT molecular complexity index is 467. The zero-order chi connectivity index (χ0) is 13.9. The lowest BCUT2D eigenvalue weighted by Gasteiger charge is -2.34. The van der Waals surface area contributed by atoms with Crippen LogP contribution in [0.2, 0.25) is 0 Å². The molecule has 0 atom stereocenters. The molecule has 4 nitrogen and oxygen atoms in total. The van der Waals surface area contributed by atoms with Gasteiger partial charge in [-0.1, -0.05) is 6.07 Å². The van der Waals surface area contributed by atoms with E-state index in [1.807, 2.05) is 12.1 Å². The van der Waals surface area contributed by atoms with Gasteiger partial charge in [-0.3, -0.25) is 4.79 Å². The molecular formula is C14H17ClO4. The van der Waals surface area contributed by atoms with Gasteiger partial charge in [0.25, 0.3) is 0 Å². The predicted molar refractivity (Wildman–Crippen MR) is 72.1 cm³/mol. The van der Waals surface area contributed by atoms with Gasteiger partial charge < -0.3 is 14.2 Å². The van der Waals surface area contributed by atoms with Crippen LogP contribution in [-0.2, 0) is 14.9 Å². The van der Waals surface area contributed by atoms with Crippen LogP contribution in [0.25, 0.3) is 0 Å². The van der Waals surface area contributed by atoms with Crippen LogP contribution in [0.3, 0.4) is 0 Å². The SMILES string of the molecule is COc1ccc(C2(C(=O)Cl)CCOCC2)cc1OC. The summed E-state index contributed by atoms with van der Waals surface area (Å²) in [5.74, 6) is 1.24. The Morgan fingerprint density at radius 2 is 1.84 bits per heavy atom. The number of carbonyl (C=O) groups excluding carboxylic acids is 1. The second-order valence-corrected chi connectivity index (χ2v) is 4.88. The maximum Gasteiger partial charge on any atom is 0.232 e. The van der Waals surface area contributed by atoms with Crippen LogP contribution >= 0.6 is 11.6 Å². The third-order valence-electron chi connectivity index (χ3n) is 3.66. The molecule has 1 aromatic rings. The van der Waals surface area contributed by atoms with Gasteiger partial charge in [-0.15, -0.1) is 0 Å². The highest BCUT2D eigenvalue weighted by Crippen LogP contribution is 2.40. The zero-order valence-corrected chi connectivity index (χ0v) is 11.8. The monoisotopic (exact) mass is 284 g/mol. The van der Waals surface area contributed by atoms with Crippen molar-refractivity contribution in [3.8, 4) is 11.5 Å². The summed E-state index contributed by atoms with van der Waals surface area (Å²) < 4.78 is 15.8. The van der Waals surface area contributed by atoms with Crippen molar-refractivity contribution in [1.29, 1.82) is 0 Å². The van der Waals surface area contributed by atoms with E-state index in [0.717, 1.165) is 5.56 Å². The number of rotatable bonds is 4. The molecule has 1 aromatic carbocycles. The van der Waals surface area contributed by atoms with Crippen molar-refractivity contribution >= 4 is 16.8 Å². The van der Waals surface area contributed by atoms with Gasteiger partial charge in [-0.2, -0.15) is 0 Å². The van der Waals surface area contributed by atoms with Gasteiger partial charge in [-0.05, 0) is 42.1 Å². The lowest BCUT2D eigenvalue weighted by Crippen LogP contribution is -2.39. The summed E-state index contributed by atoms with van der Waals surface area (Å²) in [7, 11) is 3.15. The summed E-state index contributed by atoms with van der Waals surface area (Å²) in [6.45, 7) is 1.07. The van der Waals surface area contributed by atoms with E-state index >= 15 is 0 Å². The number of hydrogen-bond donors (Lipinski definition) is 0. The summed E-state index contributed by atoms with van der Waals surface area (Å²) in [5, 5.41) is -0.344. The molecule has 0 unspecified atom stereocenters. The molecule has 104 valence electrons. The molecule has 0 aliphatic carbocycles. The van der Waals surface area contributed by atoms with Gasteiger partial charge in [0.15, 0.2) is 11.5 Å². The van der Waals surface area contributed by atoms with Crippen molar-refractivity contribution in [3.63, 3.8) is 0 Å². The second kappa shape index (κ2) is 5.80. The maximum absolute atomic E-state index is 11.9. The van der Waals surface area contributed by atoms with E-state index in [0.29, 0.717) is 37.6 Å². The van der Waals surface area contributed by atoms with Crippen LogP contribution in [0.4, 0.5) is 0 Å². The first kappa shape index (κ1) is 14.2. The highest BCUT2D eigenvalue weighted by molar-refractivity contribution is 6.65. The molecule has 0 radical (unpaired) electrons. The second-order valence-electron chi connectivity index (χ2n) is 4.54. The molecule has 1 saturated heterocycles. The lowest BCUT2D eigenvalue weighted by atomic mass is 9.75. The Hall–Kier alpha value is -1.26. The van der Waals surface area contributed by atoms with Gasteiger partial charge in [0.1, 0.15) is 0 Å². The number of hydrogen-bond acceptors (Lipinski definition) is 4. The van der Waals surface area contributed by atoms with Crippen molar-refractivity contribution < 1.29 is 19.0 Å². The number of halogens is 1. The molecule has 1 heterocycles. The first-order valence-corrected chi connectivity index (χ1v) is 6.52. The van der Waals surface area contributed by atoms with E-state index in [4.69, 9.17) is 25.8 Å². The largest absolute Gasteiger partial charge is 0.493 e. The van der Waals surface area contributed by atoms with Crippen LogP contribution in [0.1, 0.15) is 18.4 Å². The molecule has 0 amide bonds. The molecule has 0 spiro atoms. The summed E-state index contributed by atoms with van der Waals surface area (Å²) in [6, 6.07) is 5.49. The molecule has 1 aliphatic rings. The minimum Gasteiger partial charge on any atom is -0.493 e. The fourth-order valence-corrected chi connectivity index (χ4v) is 2.75. The number of benzene rings is 1. The molecule has 0 aromatic heterocycles. The van der Waals surface area contributed by atoms with Crippen molar-refractivity contribution in [3.05, 3.63) is 23.8 Å². The number of carbonyl (C=O) groups is 1. The molecule has 2 rings (SSSR count).